The zero-order chi connectivity index (χ0) is 13.9. The average Bonchev–Trinajstić information content (AvgIpc) is 2.93. The third kappa shape index (κ3) is 3.55. The number of amides is 1. The van der Waals surface area contributed by atoms with Gasteiger partial charge in [-0.25, -0.2) is 13.1 Å². The van der Waals surface area contributed by atoms with E-state index in [1.54, 1.807) is 22.4 Å². The minimum absolute atomic E-state index is 0.0759. The molecule has 1 fully saturated rings. The number of hydrogen-bond donors (Lipinski definition) is 1. The van der Waals surface area contributed by atoms with Crippen molar-refractivity contribution in [2.45, 2.75) is 36.4 Å². The Balaban J connectivity index is 1.91. The third-order valence-corrected chi connectivity index (χ3v) is 6.15. The second-order valence-electron chi connectivity index (χ2n) is 4.56. The third-order valence-electron chi connectivity index (χ3n) is 3.23. The van der Waals surface area contributed by atoms with Gasteiger partial charge in [-0.3, -0.25) is 4.79 Å². The van der Waals surface area contributed by atoms with E-state index in [0.717, 1.165) is 0 Å². The van der Waals surface area contributed by atoms with Gasteiger partial charge in [-0.15, -0.1) is 11.3 Å². The number of piperidine rings is 1. The Labute approximate surface area is 117 Å². The second kappa shape index (κ2) is 6.02. The quantitative estimate of drug-likeness (QED) is 0.915. The van der Waals surface area contributed by atoms with Crippen LogP contribution in [0.25, 0.3) is 0 Å². The molecular formula is C12H18N2O3S2. The molecule has 106 valence electrons. The lowest BCUT2D eigenvalue weighted by molar-refractivity contribution is -0.131. The molecule has 1 aliphatic heterocycles. The lowest BCUT2D eigenvalue weighted by Crippen LogP contribution is -2.46. The highest BCUT2D eigenvalue weighted by Gasteiger charge is 2.26. The van der Waals surface area contributed by atoms with Crippen LogP contribution in [-0.4, -0.2) is 38.4 Å². The van der Waals surface area contributed by atoms with Crippen LogP contribution in [0.15, 0.2) is 21.7 Å². The summed E-state index contributed by atoms with van der Waals surface area (Å²) in [6, 6.07) is 3.25. The molecule has 1 aromatic heterocycles. The molecule has 1 amide bonds. The van der Waals surface area contributed by atoms with Crippen LogP contribution in [0.4, 0.5) is 0 Å². The van der Waals surface area contributed by atoms with Crippen LogP contribution in [0.5, 0.6) is 0 Å². The molecular weight excluding hydrogens is 284 g/mol. The van der Waals surface area contributed by atoms with E-state index in [-0.39, 0.29) is 11.9 Å². The largest absolute Gasteiger partial charge is 0.343 e. The van der Waals surface area contributed by atoms with Crippen LogP contribution in [0.1, 0.15) is 26.2 Å². The lowest BCUT2D eigenvalue weighted by Gasteiger charge is -2.32. The fourth-order valence-corrected chi connectivity index (χ4v) is 4.48. The van der Waals surface area contributed by atoms with E-state index >= 15 is 0 Å². The van der Waals surface area contributed by atoms with Crippen LogP contribution in [-0.2, 0) is 14.8 Å². The molecule has 7 heteroatoms. The number of likely N-dealkylation sites (tertiary alicyclic amines) is 1. The maximum atomic E-state index is 12.1. The molecule has 0 unspecified atom stereocenters. The van der Waals surface area contributed by atoms with Crippen LogP contribution < -0.4 is 4.72 Å². The van der Waals surface area contributed by atoms with Crippen molar-refractivity contribution in [3.8, 4) is 0 Å². The normalized spacial score (nSPS) is 17.6. The maximum absolute atomic E-state index is 12.1. The molecule has 0 atom stereocenters. The molecule has 1 aromatic rings. The number of rotatable bonds is 4. The van der Waals surface area contributed by atoms with E-state index in [1.807, 2.05) is 6.92 Å². The maximum Gasteiger partial charge on any atom is 0.250 e. The van der Waals surface area contributed by atoms with Gasteiger partial charge < -0.3 is 4.90 Å². The Morgan fingerprint density at radius 3 is 2.68 bits per heavy atom. The van der Waals surface area contributed by atoms with Crippen molar-refractivity contribution < 1.29 is 13.2 Å². The second-order valence-corrected chi connectivity index (χ2v) is 7.45. The number of nitrogens with zero attached hydrogens (tertiary/aromatic N) is 1. The van der Waals surface area contributed by atoms with Crippen molar-refractivity contribution in [1.29, 1.82) is 0 Å². The molecule has 0 aromatic carbocycles. The summed E-state index contributed by atoms with van der Waals surface area (Å²) in [6.07, 6.45) is 1.86. The molecule has 2 heterocycles. The summed E-state index contributed by atoms with van der Waals surface area (Å²) < 4.78 is 27.2. The van der Waals surface area contributed by atoms with Crippen molar-refractivity contribution >= 4 is 27.3 Å². The SMILES string of the molecule is CCC(=O)N1CCC(NS(=O)(=O)c2cccs2)CC1. The van der Waals surface area contributed by atoms with Crippen LogP contribution in [0.2, 0.25) is 0 Å². The topological polar surface area (TPSA) is 66.5 Å². The van der Waals surface area contributed by atoms with E-state index in [2.05, 4.69) is 4.72 Å². The van der Waals surface area contributed by atoms with Gasteiger partial charge in [0.1, 0.15) is 4.21 Å². The first-order valence-electron chi connectivity index (χ1n) is 6.36. The van der Waals surface area contributed by atoms with E-state index in [9.17, 15) is 13.2 Å². The van der Waals surface area contributed by atoms with E-state index < -0.39 is 10.0 Å². The van der Waals surface area contributed by atoms with Crippen LogP contribution in [0.3, 0.4) is 0 Å². The Kier molecular flexibility index (Phi) is 4.59. The first-order valence-corrected chi connectivity index (χ1v) is 8.73. The summed E-state index contributed by atoms with van der Waals surface area (Å²) in [7, 11) is -3.39. The van der Waals surface area contributed by atoms with Crippen molar-refractivity contribution in [1.82, 2.24) is 9.62 Å². The highest BCUT2D eigenvalue weighted by molar-refractivity contribution is 7.91. The number of hydrogen-bond acceptors (Lipinski definition) is 4. The summed E-state index contributed by atoms with van der Waals surface area (Å²) in [5, 5.41) is 1.75. The van der Waals surface area contributed by atoms with Crippen LogP contribution >= 0.6 is 11.3 Å². The minimum Gasteiger partial charge on any atom is -0.343 e. The summed E-state index contributed by atoms with van der Waals surface area (Å²) in [5.74, 6) is 0.138. The summed E-state index contributed by atoms with van der Waals surface area (Å²) in [6.45, 7) is 3.10. The van der Waals surface area contributed by atoms with Gasteiger partial charge in [0.15, 0.2) is 0 Å². The number of carbonyl (C=O) groups is 1. The van der Waals surface area contributed by atoms with Crippen molar-refractivity contribution in [2.75, 3.05) is 13.1 Å². The van der Waals surface area contributed by atoms with Gasteiger partial charge in [0.05, 0.1) is 0 Å². The summed E-state index contributed by atoms with van der Waals surface area (Å²) in [5.41, 5.74) is 0. The molecule has 2 rings (SSSR count). The standard InChI is InChI=1S/C12H18N2O3S2/c1-2-11(15)14-7-5-10(6-8-14)13-19(16,17)12-4-3-9-18-12/h3-4,9-10,13H,2,5-8H2,1H3. The fraction of sp³-hybridized carbons (Fsp3) is 0.583. The van der Waals surface area contributed by atoms with Gasteiger partial charge in [0.25, 0.3) is 0 Å². The van der Waals surface area contributed by atoms with Gasteiger partial charge in [0, 0.05) is 25.6 Å². The van der Waals surface area contributed by atoms with Gasteiger partial charge in [-0.1, -0.05) is 13.0 Å². The smallest absolute Gasteiger partial charge is 0.250 e. The molecule has 19 heavy (non-hydrogen) atoms. The highest BCUT2D eigenvalue weighted by atomic mass is 32.2. The van der Waals surface area contributed by atoms with Crippen molar-refractivity contribution in [3.05, 3.63) is 17.5 Å². The van der Waals surface area contributed by atoms with E-state index in [1.165, 1.54) is 11.3 Å². The van der Waals surface area contributed by atoms with E-state index in [0.29, 0.717) is 36.6 Å². The molecule has 1 aliphatic rings. The highest BCUT2D eigenvalue weighted by Crippen LogP contribution is 2.18. The molecule has 0 bridgehead atoms. The molecule has 1 saturated heterocycles. The van der Waals surface area contributed by atoms with Gasteiger partial charge >= 0.3 is 0 Å². The number of sulfonamides is 1. The minimum atomic E-state index is -3.39. The molecule has 0 aliphatic carbocycles. The monoisotopic (exact) mass is 302 g/mol. The molecule has 0 spiro atoms. The zero-order valence-electron chi connectivity index (χ0n) is 10.8. The Morgan fingerprint density at radius 1 is 1.47 bits per heavy atom. The van der Waals surface area contributed by atoms with Crippen molar-refractivity contribution in [3.63, 3.8) is 0 Å². The van der Waals surface area contributed by atoms with Crippen molar-refractivity contribution in [2.24, 2.45) is 0 Å². The van der Waals surface area contributed by atoms with E-state index in [4.69, 9.17) is 0 Å². The predicted octanol–water partition coefficient (Wildman–Crippen LogP) is 1.43. The number of nitrogens with one attached hydrogen (secondary N) is 1. The van der Waals surface area contributed by atoms with Gasteiger partial charge in [-0.2, -0.15) is 0 Å². The molecule has 5 nitrogen and oxygen atoms in total. The fourth-order valence-electron chi connectivity index (χ4n) is 2.16. The van der Waals surface area contributed by atoms with Crippen LogP contribution in [0, 0.1) is 0 Å². The number of carbonyl (C=O) groups excluding carboxylic acids is 1. The number of thiophene rings is 1. The zero-order valence-corrected chi connectivity index (χ0v) is 12.5. The Hall–Kier alpha value is -0.920. The van der Waals surface area contributed by atoms with Gasteiger partial charge in [0.2, 0.25) is 15.9 Å². The average molecular weight is 302 g/mol. The summed E-state index contributed by atoms with van der Waals surface area (Å²) in [4.78, 5) is 13.3. The Morgan fingerprint density at radius 2 is 2.16 bits per heavy atom. The summed E-state index contributed by atoms with van der Waals surface area (Å²) >= 11 is 1.21. The Bertz CT molecular complexity index is 517. The molecule has 1 N–H and O–H groups in total. The molecule has 0 radical (unpaired) electrons. The molecule has 0 saturated carbocycles. The van der Waals surface area contributed by atoms with Gasteiger partial charge in [-0.05, 0) is 24.3 Å². The first kappa shape index (κ1) is 14.5. The lowest BCUT2D eigenvalue weighted by atomic mass is 10.1. The predicted molar refractivity (Wildman–Crippen MR) is 74.5 cm³/mol. The first-order chi connectivity index (χ1) is 9.03.